The number of carboxylic acids is 1. The summed E-state index contributed by atoms with van der Waals surface area (Å²) in [6, 6.07) is 13.4. The van der Waals surface area contributed by atoms with Crippen LogP contribution in [0.25, 0.3) is 11.5 Å². The molecule has 1 aliphatic heterocycles. The number of aromatic nitrogens is 1. The zero-order valence-corrected chi connectivity index (χ0v) is 17.6. The van der Waals surface area contributed by atoms with Crippen LogP contribution in [0.5, 0.6) is 11.5 Å². The van der Waals surface area contributed by atoms with Crippen LogP contribution < -0.4 is 9.47 Å². The number of oxazole rings is 1. The molecular weight excluding hydrogens is 398 g/mol. The third kappa shape index (κ3) is 4.56. The van der Waals surface area contributed by atoms with Crippen LogP contribution in [0.1, 0.15) is 29.5 Å². The molecule has 7 heteroatoms. The molecule has 1 N–H and O–H groups in total. The summed E-state index contributed by atoms with van der Waals surface area (Å²) in [6.45, 7) is 4.79. The highest BCUT2D eigenvalue weighted by Gasteiger charge is 2.26. The quantitative estimate of drug-likeness (QED) is 0.552. The fraction of sp³-hybridized carbons (Fsp3) is 0.333. The summed E-state index contributed by atoms with van der Waals surface area (Å²) in [5, 5.41) is 9.38. The van der Waals surface area contributed by atoms with Gasteiger partial charge in [0.2, 0.25) is 5.89 Å². The maximum Gasteiger partial charge on any atom is 0.333 e. The summed E-state index contributed by atoms with van der Waals surface area (Å²) < 4.78 is 23.0. The van der Waals surface area contributed by atoms with Gasteiger partial charge in [0.1, 0.15) is 29.6 Å². The predicted molar refractivity (Wildman–Crippen MR) is 113 cm³/mol. The molecule has 0 fully saturated rings. The van der Waals surface area contributed by atoms with Crippen molar-refractivity contribution in [1.82, 2.24) is 4.98 Å². The molecule has 2 heterocycles. The van der Waals surface area contributed by atoms with Crippen LogP contribution in [0.2, 0.25) is 0 Å². The Morgan fingerprint density at radius 2 is 2.03 bits per heavy atom. The van der Waals surface area contributed by atoms with Gasteiger partial charge in [-0.3, -0.25) is 0 Å². The number of nitrogens with zero attached hydrogens (tertiary/aromatic N) is 1. The van der Waals surface area contributed by atoms with Crippen molar-refractivity contribution in [2.24, 2.45) is 0 Å². The van der Waals surface area contributed by atoms with Crippen LogP contribution >= 0.6 is 0 Å². The third-order valence-electron chi connectivity index (χ3n) is 5.22. The zero-order valence-electron chi connectivity index (χ0n) is 17.6. The smallest absolute Gasteiger partial charge is 0.333 e. The minimum Gasteiger partial charge on any atom is -0.493 e. The molecule has 2 aromatic carbocycles. The summed E-state index contributed by atoms with van der Waals surface area (Å²) in [5.41, 5.74) is 3.41. The number of carbonyl (C=O) groups is 1. The van der Waals surface area contributed by atoms with Crippen LogP contribution in [0.3, 0.4) is 0 Å². The Balaban J connectivity index is 1.51. The Morgan fingerprint density at radius 3 is 2.77 bits per heavy atom. The second-order valence-corrected chi connectivity index (χ2v) is 7.29. The molecule has 31 heavy (non-hydrogen) atoms. The lowest BCUT2D eigenvalue weighted by molar-refractivity contribution is -0.149. The van der Waals surface area contributed by atoms with E-state index >= 15 is 0 Å². The van der Waals surface area contributed by atoms with E-state index in [-0.39, 0.29) is 13.0 Å². The number of aryl methyl sites for hydroxylation is 1. The van der Waals surface area contributed by atoms with Crippen molar-refractivity contribution in [1.29, 1.82) is 0 Å². The van der Waals surface area contributed by atoms with E-state index in [1.165, 1.54) is 0 Å². The van der Waals surface area contributed by atoms with E-state index in [4.69, 9.17) is 18.6 Å². The standard InChI is InChI=1S/C24H25NO6/c1-3-28-21(24(26)27)13-17-9-10-20(18-11-12-29-22(17)18)30-14-19-15(2)31-23(25-19)16-7-5-4-6-8-16/h4-10,21H,3,11-14H2,1-2H3,(H,26,27). The molecule has 0 amide bonds. The summed E-state index contributed by atoms with van der Waals surface area (Å²) >= 11 is 0. The second kappa shape index (κ2) is 9.22. The van der Waals surface area contributed by atoms with E-state index in [1.54, 1.807) is 6.92 Å². The van der Waals surface area contributed by atoms with Crippen LogP contribution in [0, 0.1) is 6.92 Å². The first kappa shape index (κ1) is 20.9. The van der Waals surface area contributed by atoms with Crippen molar-refractivity contribution in [3.8, 4) is 23.0 Å². The first-order chi connectivity index (χ1) is 15.1. The van der Waals surface area contributed by atoms with E-state index in [2.05, 4.69) is 4.98 Å². The molecule has 3 aromatic rings. The lowest BCUT2D eigenvalue weighted by Gasteiger charge is -2.16. The molecule has 0 radical (unpaired) electrons. The molecule has 0 saturated heterocycles. The van der Waals surface area contributed by atoms with Gasteiger partial charge >= 0.3 is 5.97 Å². The fourth-order valence-corrected chi connectivity index (χ4v) is 3.66. The van der Waals surface area contributed by atoms with Gasteiger partial charge in [0.25, 0.3) is 0 Å². The van der Waals surface area contributed by atoms with Crippen molar-refractivity contribution < 1.29 is 28.5 Å². The summed E-state index contributed by atoms with van der Waals surface area (Å²) in [4.78, 5) is 16.0. The van der Waals surface area contributed by atoms with Crippen molar-refractivity contribution >= 4 is 5.97 Å². The number of benzene rings is 2. The monoisotopic (exact) mass is 423 g/mol. The summed E-state index contributed by atoms with van der Waals surface area (Å²) in [7, 11) is 0. The number of ether oxygens (including phenoxy) is 3. The van der Waals surface area contributed by atoms with Crippen molar-refractivity contribution in [2.75, 3.05) is 13.2 Å². The second-order valence-electron chi connectivity index (χ2n) is 7.29. The van der Waals surface area contributed by atoms with Gasteiger partial charge in [-0.15, -0.1) is 0 Å². The van der Waals surface area contributed by atoms with Gasteiger partial charge in [0.05, 0.1) is 6.61 Å². The zero-order chi connectivity index (χ0) is 21.8. The first-order valence-corrected chi connectivity index (χ1v) is 10.3. The van der Waals surface area contributed by atoms with Crippen molar-refractivity contribution in [3.63, 3.8) is 0 Å². The van der Waals surface area contributed by atoms with E-state index in [0.29, 0.717) is 42.8 Å². The first-order valence-electron chi connectivity index (χ1n) is 10.3. The van der Waals surface area contributed by atoms with Gasteiger partial charge in [-0.2, -0.15) is 0 Å². The highest BCUT2D eigenvalue weighted by atomic mass is 16.5. The highest BCUT2D eigenvalue weighted by Crippen LogP contribution is 2.38. The molecule has 162 valence electrons. The SMILES string of the molecule is CCOC(Cc1ccc(OCc2nc(-c3ccccc3)oc2C)c2c1OCC2)C(=O)O. The maximum absolute atomic E-state index is 11.5. The van der Waals surface area contributed by atoms with Gasteiger partial charge in [-0.25, -0.2) is 9.78 Å². The average Bonchev–Trinajstić information content (AvgIpc) is 3.40. The Kier molecular flexibility index (Phi) is 6.23. The predicted octanol–water partition coefficient (Wildman–Crippen LogP) is 4.20. The molecule has 0 saturated carbocycles. The highest BCUT2D eigenvalue weighted by molar-refractivity contribution is 5.73. The largest absolute Gasteiger partial charge is 0.493 e. The minimum absolute atomic E-state index is 0.245. The molecule has 1 aromatic heterocycles. The Morgan fingerprint density at radius 1 is 1.23 bits per heavy atom. The number of rotatable bonds is 9. The molecule has 0 aliphatic carbocycles. The van der Waals surface area contributed by atoms with E-state index < -0.39 is 12.1 Å². The number of aliphatic carboxylic acids is 1. The molecule has 1 unspecified atom stereocenters. The van der Waals surface area contributed by atoms with Gasteiger partial charge in [-0.1, -0.05) is 24.3 Å². The van der Waals surface area contributed by atoms with Crippen LogP contribution in [0.4, 0.5) is 0 Å². The number of hydrogen-bond acceptors (Lipinski definition) is 6. The Bertz CT molecular complexity index is 1060. The number of fused-ring (bicyclic) bond motifs is 1. The molecule has 1 aliphatic rings. The van der Waals surface area contributed by atoms with Crippen LogP contribution in [0.15, 0.2) is 46.9 Å². The number of hydrogen-bond donors (Lipinski definition) is 1. The lowest BCUT2D eigenvalue weighted by Crippen LogP contribution is -2.26. The summed E-state index contributed by atoms with van der Waals surface area (Å²) in [6.07, 6.45) is 0.0475. The molecule has 7 nitrogen and oxygen atoms in total. The van der Waals surface area contributed by atoms with Crippen LogP contribution in [-0.2, 0) is 29.0 Å². The summed E-state index contributed by atoms with van der Waals surface area (Å²) in [5.74, 6) is 1.71. The fourth-order valence-electron chi connectivity index (χ4n) is 3.66. The van der Waals surface area contributed by atoms with E-state index in [0.717, 1.165) is 22.4 Å². The molecule has 0 spiro atoms. The molecule has 1 atom stereocenters. The molecular formula is C24H25NO6. The van der Waals surface area contributed by atoms with E-state index in [1.807, 2.05) is 49.4 Å². The minimum atomic E-state index is -0.982. The molecule has 4 rings (SSSR count). The molecule has 0 bridgehead atoms. The topological polar surface area (TPSA) is 91.0 Å². The van der Waals surface area contributed by atoms with Gasteiger partial charge < -0.3 is 23.7 Å². The van der Waals surface area contributed by atoms with Crippen molar-refractivity contribution in [2.45, 2.75) is 39.4 Å². The third-order valence-corrected chi connectivity index (χ3v) is 5.22. The number of carboxylic acid groups (broad SMARTS) is 1. The Hall–Kier alpha value is -3.32. The van der Waals surface area contributed by atoms with E-state index in [9.17, 15) is 9.90 Å². The normalized spacial score (nSPS) is 13.5. The van der Waals surface area contributed by atoms with Crippen LogP contribution in [-0.4, -0.2) is 35.4 Å². The van der Waals surface area contributed by atoms with Gasteiger partial charge in [0.15, 0.2) is 6.10 Å². The van der Waals surface area contributed by atoms with Crippen molar-refractivity contribution in [3.05, 3.63) is 65.0 Å². The average molecular weight is 423 g/mol. The van der Waals surface area contributed by atoms with Gasteiger partial charge in [0, 0.05) is 30.6 Å². The lowest BCUT2D eigenvalue weighted by atomic mass is 10.0. The van der Waals surface area contributed by atoms with Gasteiger partial charge in [-0.05, 0) is 37.6 Å². The maximum atomic E-state index is 11.5. The Labute approximate surface area is 180 Å².